The summed E-state index contributed by atoms with van der Waals surface area (Å²) >= 11 is 0. The van der Waals surface area contributed by atoms with Crippen LogP contribution in [0.4, 0.5) is 11.4 Å². The van der Waals surface area contributed by atoms with Gasteiger partial charge in [-0.2, -0.15) is 0 Å². The van der Waals surface area contributed by atoms with E-state index in [0.29, 0.717) is 17.8 Å². The molecule has 19 heavy (non-hydrogen) atoms. The van der Waals surface area contributed by atoms with Gasteiger partial charge in [0.1, 0.15) is 6.54 Å². The molecule has 1 aromatic rings. The molecule has 0 saturated heterocycles. The topological polar surface area (TPSA) is 57.7 Å². The predicted octanol–water partition coefficient (Wildman–Crippen LogP) is 1.60. The zero-order valence-corrected chi connectivity index (χ0v) is 12.0. The number of unbranched alkanes of at least 4 members (excludes halogenated alkanes) is 1. The fourth-order valence-corrected chi connectivity index (χ4v) is 3.73. The van der Waals surface area contributed by atoms with E-state index in [1.54, 1.807) is 31.3 Å². The number of likely N-dealkylation sites (N-methyl/N-ethyl adjacent to an activating group) is 1. The third-order valence-electron chi connectivity index (χ3n) is 3.26. The maximum Gasteiger partial charge on any atom is 0.247 e. The van der Waals surface area contributed by atoms with E-state index < -0.39 is 10.0 Å². The molecule has 5 nitrogen and oxygen atoms in total. The summed E-state index contributed by atoms with van der Waals surface area (Å²) in [7, 11) is -1.77. The first kappa shape index (κ1) is 13.9. The van der Waals surface area contributed by atoms with Gasteiger partial charge in [0.2, 0.25) is 15.9 Å². The summed E-state index contributed by atoms with van der Waals surface area (Å²) in [6.45, 7) is 1.83. The zero-order valence-electron chi connectivity index (χ0n) is 11.2. The van der Waals surface area contributed by atoms with Crippen molar-refractivity contribution in [2.24, 2.45) is 0 Å². The minimum atomic E-state index is -3.43. The molecule has 0 aliphatic carbocycles. The molecule has 1 aromatic carbocycles. The largest absolute Gasteiger partial charge is 0.312 e. The van der Waals surface area contributed by atoms with E-state index in [1.165, 1.54) is 9.21 Å². The van der Waals surface area contributed by atoms with E-state index in [2.05, 4.69) is 0 Å². The molecule has 1 amide bonds. The summed E-state index contributed by atoms with van der Waals surface area (Å²) in [6, 6.07) is 7.08. The number of sulfonamides is 1. The van der Waals surface area contributed by atoms with Crippen molar-refractivity contribution in [1.29, 1.82) is 0 Å². The Hall–Kier alpha value is -1.56. The molecule has 0 N–H and O–H groups in total. The molecule has 104 valence electrons. The number of fused-ring (bicyclic) bond motifs is 1. The van der Waals surface area contributed by atoms with Gasteiger partial charge in [-0.05, 0) is 18.6 Å². The van der Waals surface area contributed by atoms with Crippen LogP contribution in [0.3, 0.4) is 0 Å². The van der Waals surface area contributed by atoms with Crippen LogP contribution in [0.1, 0.15) is 19.8 Å². The van der Waals surface area contributed by atoms with Crippen molar-refractivity contribution < 1.29 is 13.2 Å². The van der Waals surface area contributed by atoms with Crippen LogP contribution in [0.2, 0.25) is 0 Å². The van der Waals surface area contributed by atoms with Crippen molar-refractivity contribution in [3.8, 4) is 0 Å². The van der Waals surface area contributed by atoms with E-state index in [4.69, 9.17) is 0 Å². The van der Waals surface area contributed by atoms with Gasteiger partial charge >= 0.3 is 0 Å². The average molecular weight is 282 g/mol. The van der Waals surface area contributed by atoms with E-state index in [9.17, 15) is 13.2 Å². The standard InChI is InChI=1S/C13H18N2O3S/c1-3-4-9-19(17,18)15-10-13(16)14(2)11-7-5-6-8-12(11)15/h5-8H,3-4,9-10H2,1-2H3. The predicted molar refractivity (Wildman–Crippen MR) is 75.9 cm³/mol. The molecular formula is C13H18N2O3S. The number of carbonyl (C=O) groups excluding carboxylic acids is 1. The summed E-state index contributed by atoms with van der Waals surface area (Å²) in [4.78, 5) is 13.4. The number of benzene rings is 1. The van der Waals surface area contributed by atoms with Crippen LogP contribution in [0.15, 0.2) is 24.3 Å². The van der Waals surface area contributed by atoms with Gasteiger partial charge in [-0.3, -0.25) is 9.10 Å². The second-order valence-electron chi connectivity index (χ2n) is 4.62. The Kier molecular flexibility index (Phi) is 3.80. The molecule has 0 unspecified atom stereocenters. The van der Waals surface area contributed by atoms with Gasteiger partial charge in [0.25, 0.3) is 0 Å². The summed E-state index contributed by atoms with van der Waals surface area (Å²) in [6.07, 6.45) is 1.41. The van der Waals surface area contributed by atoms with Crippen molar-refractivity contribution in [1.82, 2.24) is 0 Å². The number of nitrogens with zero attached hydrogens (tertiary/aromatic N) is 2. The zero-order chi connectivity index (χ0) is 14.0. The molecule has 0 fully saturated rings. The quantitative estimate of drug-likeness (QED) is 0.843. The number of amides is 1. The van der Waals surface area contributed by atoms with Crippen molar-refractivity contribution in [2.45, 2.75) is 19.8 Å². The summed E-state index contributed by atoms with van der Waals surface area (Å²) in [5.41, 5.74) is 1.22. The molecule has 0 radical (unpaired) electrons. The van der Waals surface area contributed by atoms with Gasteiger partial charge in [0.15, 0.2) is 0 Å². The van der Waals surface area contributed by atoms with Crippen LogP contribution in [0, 0.1) is 0 Å². The van der Waals surface area contributed by atoms with Crippen molar-refractivity contribution in [3.05, 3.63) is 24.3 Å². The molecule has 0 spiro atoms. The van der Waals surface area contributed by atoms with Crippen LogP contribution in [0.25, 0.3) is 0 Å². The summed E-state index contributed by atoms with van der Waals surface area (Å²) < 4.78 is 25.9. The average Bonchev–Trinajstić information content (AvgIpc) is 2.40. The first-order valence-corrected chi connectivity index (χ1v) is 7.94. The molecular weight excluding hydrogens is 264 g/mol. The summed E-state index contributed by atoms with van der Waals surface area (Å²) in [5, 5.41) is 0. The number of hydrogen-bond acceptors (Lipinski definition) is 3. The Balaban J connectivity index is 2.43. The maximum absolute atomic E-state index is 12.3. The van der Waals surface area contributed by atoms with Gasteiger partial charge in [0.05, 0.1) is 17.1 Å². The lowest BCUT2D eigenvalue weighted by Gasteiger charge is -2.34. The highest BCUT2D eigenvalue weighted by Gasteiger charge is 2.33. The monoisotopic (exact) mass is 282 g/mol. The number of carbonyl (C=O) groups is 1. The van der Waals surface area contributed by atoms with Crippen LogP contribution in [-0.4, -0.2) is 33.7 Å². The molecule has 1 heterocycles. The summed E-state index contributed by atoms with van der Waals surface area (Å²) in [5.74, 6) is -0.131. The highest BCUT2D eigenvalue weighted by molar-refractivity contribution is 7.92. The third kappa shape index (κ3) is 2.58. The molecule has 0 saturated carbocycles. The third-order valence-corrected chi connectivity index (χ3v) is 5.06. The smallest absolute Gasteiger partial charge is 0.247 e. The molecule has 1 aliphatic heterocycles. The molecule has 1 aliphatic rings. The van der Waals surface area contributed by atoms with Crippen molar-refractivity contribution >= 4 is 27.3 Å². The first-order valence-electron chi connectivity index (χ1n) is 6.33. The van der Waals surface area contributed by atoms with Crippen LogP contribution < -0.4 is 9.21 Å². The fourth-order valence-electron chi connectivity index (χ4n) is 2.09. The molecule has 0 aromatic heterocycles. The second-order valence-corrected chi connectivity index (χ2v) is 6.63. The van der Waals surface area contributed by atoms with Gasteiger partial charge in [-0.1, -0.05) is 25.5 Å². The van der Waals surface area contributed by atoms with Crippen LogP contribution >= 0.6 is 0 Å². The van der Waals surface area contributed by atoms with E-state index in [-0.39, 0.29) is 18.2 Å². The molecule has 0 bridgehead atoms. The van der Waals surface area contributed by atoms with E-state index >= 15 is 0 Å². The Bertz CT molecular complexity index is 583. The fraction of sp³-hybridized carbons (Fsp3) is 0.462. The molecule has 0 atom stereocenters. The van der Waals surface area contributed by atoms with E-state index in [1.807, 2.05) is 6.92 Å². The maximum atomic E-state index is 12.3. The number of hydrogen-bond donors (Lipinski definition) is 0. The lowest BCUT2D eigenvalue weighted by Crippen LogP contribution is -2.47. The van der Waals surface area contributed by atoms with Crippen LogP contribution in [0.5, 0.6) is 0 Å². The Morgan fingerprint density at radius 1 is 1.21 bits per heavy atom. The highest BCUT2D eigenvalue weighted by Crippen LogP contribution is 2.34. The Labute approximate surface area is 113 Å². The van der Waals surface area contributed by atoms with Crippen LogP contribution in [-0.2, 0) is 14.8 Å². The molecule has 2 rings (SSSR count). The lowest BCUT2D eigenvalue weighted by atomic mass is 10.2. The Morgan fingerprint density at radius 2 is 1.84 bits per heavy atom. The van der Waals surface area contributed by atoms with Crippen molar-refractivity contribution in [3.63, 3.8) is 0 Å². The van der Waals surface area contributed by atoms with Crippen molar-refractivity contribution in [2.75, 3.05) is 28.6 Å². The van der Waals surface area contributed by atoms with Gasteiger partial charge in [0, 0.05) is 7.05 Å². The lowest BCUT2D eigenvalue weighted by molar-refractivity contribution is -0.117. The van der Waals surface area contributed by atoms with Gasteiger partial charge < -0.3 is 4.90 Å². The SMILES string of the molecule is CCCCS(=O)(=O)N1CC(=O)N(C)c2ccccc21. The normalized spacial score (nSPS) is 15.6. The minimum absolute atomic E-state index is 0.0782. The Morgan fingerprint density at radius 3 is 2.47 bits per heavy atom. The highest BCUT2D eigenvalue weighted by atomic mass is 32.2. The van der Waals surface area contributed by atoms with E-state index in [0.717, 1.165) is 6.42 Å². The first-order chi connectivity index (χ1) is 8.97. The number of rotatable bonds is 4. The number of anilines is 2. The van der Waals surface area contributed by atoms with Gasteiger partial charge in [-0.25, -0.2) is 8.42 Å². The number of para-hydroxylation sites is 2. The second kappa shape index (κ2) is 5.21. The van der Waals surface area contributed by atoms with Gasteiger partial charge in [-0.15, -0.1) is 0 Å². The minimum Gasteiger partial charge on any atom is -0.312 e. The molecule has 6 heteroatoms.